The highest BCUT2D eigenvalue weighted by molar-refractivity contribution is 5.71. The molecule has 6 nitrogen and oxygen atoms in total. The monoisotopic (exact) mass is 819 g/mol. The quantitative estimate of drug-likeness (QED) is 0.0263. The summed E-state index contributed by atoms with van der Waals surface area (Å²) in [5.74, 6) is -0.867. The van der Waals surface area contributed by atoms with Crippen LogP contribution in [0.25, 0.3) is 0 Å². The predicted molar refractivity (Wildman–Crippen MR) is 247 cm³/mol. The Hall–Kier alpha value is -1.85. The van der Waals surface area contributed by atoms with E-state index in [1.165, 1.54) is 186 Å². The van der Waals surface area contributed by atoms with E-state index < -0.39 is 6.10 Å². The zero-order valence-electron chi connectivity index (χ0n) is 39.1. The van der Waals surface area contributed by atoms with E-state index in [2.05, 4.69) is 32.9 Å². The van der Waals surface area contributed by atoms with Gasteiger partial charge in [0.05, 0.1) is 0 Å². The third-order valence-electron chi connectivity index (χ3n) is 11.5. The number of rotatable bonds is 47. The highest BCUT2D eigenvalue weighted by atomic mass is 16.6. The molecule has 0 fully saturated rings. The SMILES string of the molecule is CCCCCCCCCC/C=C\CCCCCCCCCCCCCCCC(=O)OCC(COC(=O)CCCCCCCC)OC(=O)CCCCCCCCCCC. The van der Waals surface area contributed by atoms with E-state index in [9.17, 15) is 14.4 Å². The highest BCUT2D eigenvalue weighted by Crippen LogP contribution is 2.16. The molecule has 1 atom stereocenters. The number of carbonyl (C=O) groups excluding carboxylic acids is 3. The number of carbonyl (C=O) groups is 3. The van der Waals surface area contributed by atoms with E-state index in [4.69, 9.17) is 14.2 Å². The van der Waals surface area contributed by atoms with Gasteiger partial charge in [0.2, 0.25) is 0 Å². The molecule has 0 aromatic carbocycles. The lowest BCUT2D eigenvalue weighted by atomic mass is 10.0. The summed E-state index contributed by atoms with van der Waals surface area (Å²) in [5, 5.41) is 0. The van der Waals surface area contributed by atoms with E-state index in [0.717, 1.165) is 57.8 Å². The van der Waals surface area contributed by atoms with Gasteiger partial charge in [-0.05, 0) is 44.9 Å². The van der Waals surface area contributed by atoms with E-state index in [1.54, 1.807) is 0 Å². The largest absolute Gasteiger partial charge is 0.462 e. The van der Waals surface area contributed by atoms with Crippen LogP contribution in [0.1, 0.15) is 284 Å². The molecule has 58 heavy (non-hydrogen) atoms. The molecule has 0 aromatic rings. The molecular formula is C52H98O6. The topological polar surface area (TPSA) is 78.9 Å². The van der Waals surface area contributed by atoms with Crippen LogP contribution in [0.2, 0.25) is 0 Å². The van der Waals surface area contributed by atoms with E-state index >= 15 is 0 Å². The number of unbranched alkanes of at least 4 members (excludes halogenated alkanes) is 34. The Kier molecular flexibility index (Phi) is 46.3. The van der Waals surface area contributed by atoms with Crippen molar-refractivity contribution in [3.8, 4) is 0 Å². The van der Waals surface area contributed by atoms with Crippen molar-refractivity contribution in [3.05, 3.63) is 12.2 Å². The lowest BCUT2D eigenvalue weighted by Gasteiger charge is -2.18. The molecular weight excluding hydrogens is 721 g/mol. The fraction of sp³-hybridized carbons (Fsp3) is 0.904. The summed E-state index contributed by atoms with van der Waals surface area (Å²) >= 11 is 0. The zero-order valence-corrected chi connectivity index (χ0v) is 39.1. The van der Waals surface area contributed by atoms with Gasteiger partial charge in [0, 0.05) is 19.3 Å². The van der Waals surface area contributed by atoms with Crippen LogP contribution in [0.4, 0.5) is 0 Å². The minimum Gasteiger partial charge on any atom is -0.462 e. The second-order valence-electron chi connectivity index (χ2n) is 17.4. The number of ether oxygens (including phenoxy) is 3. The van der Waals surface area contributed by atoms with Gasteiger partial charge in [-0.25, -0.2) is 0 Å². The minimum absolute atomic E-state index is 0.0661. The first kappa shape index (κ1) is 56.1. The molecule has 1 unspecified atom stereocenters. The van der Waals surface area contributed by atoms with Crippen LogP contribution < -0.4 is 0 Å². The van der Waals surface area contributed by atoms with Crippen LogP contribution in [0.15, 0.2) is 12.2 Å². The molecule has 0 aliphatic carbocycles. The van der Waals surface area contributed by atoms with E-state index in [1.807, 2.05) is 0 Å². The Morgan fingerprint density at radius 2 is 0.569 bits per heavy atom. The third kappa shape index (κ3) is 45.2. The Morgan fingerprint density at radius 3 is 0.862 bits per heavy atom. The van der Waals surface area contributed by atoms with Crippen LogP contribution in [0, 0.1) is 0 Å². The second-order valence-corrected chi connectivity index (χ2v) is 17.4. The molecule has 0 amide bonds. The Bertz CT molecular complexity index is 900. The van der Waals surface area contributed by atoms with Crippen LogP contribution >= 0.6 is 0 Å². The summed E-state index contributed by atoms with van der Waals surface area (Å²) in [6.07, 6.45) is 52.4. The van der Waals surface area contributed by atoms with Crippen molar-refractivity contribution >= 4 is 17.9 Å². The zero-order chi connectivity index (χ0) is 42.3. The van der Waals surface area contributed by atoms with Crippen LogP contribution in [0.3, 0.4) is 0 Å². The summed E-state index contributed by atoms with van der Waals surface area (Å²) < 4.78 is 16.6. The molecule has 0 aromatic heterocycles. The van der Waals surface area contributed by atoms with Gasteiger partial charge >= 0.3 is 17.9 Å². The Morgan fingerprint density at radius 1 is 0.328 bits per heavy atom. The fourth-order valence-corrected chi connectivity index (χ4v) is 7.61. The lowest BCUT2D eigenvalue weighted by Crippen LogP contribution is -2.30. The molecule has 0 saturated heterocycles. The summed E-state index contributed by atoms with van der Waals surface area (Å²) in [7, 11) is 0. The van der Waals surface area contributed by atoms with Crippen molar-refractivity contribution in [2.75, 3.05) is 13.2 Å². The van der Waals surface area contributed by atoms with Crippen molar-refractivity contribution in [2.24, 2.45) is 0 Å². The van der Waals surface area contributed by atoms with Gasteiger partial charge in [-0.1, -0.05) is 232 Å². The van der Waals surface area contributed by atoms with E-state index in [0.29, 0.717) is 19.3 Å². The summed E-state index contributed by atoms with van der Waals surface area (Å²) in [4.78, 5) is 37.5. The molecule has 0 bridgehead atoms. The number of hydrogen-bond acceptors (Lipinski definition) is 6. The molecule has 0 aliphatic heterocycles. The molecule has 0 heterocycles. The second kappa shape index (κ2) is 47.8. The van der Waals surface area contributed by atoms with Crippen molar-refractivity contribution < 1.29 is 28.6 Å². The first-order valence-corrected chi connectivity index (χ1v) is 25.7. The van der Waals surface area contributed by atoms with Crippen LogP contribution in [0.5, 0.6) is 0 Å². The third-order valence-corrected chi connectivity index (χ3v) is 11.5. The smallest absolute Gasteiger partial charge is 0.306 e. The van der Waals surface area contributed by atoms with Crippen molar-refractivity contribution in [3.63, 3.8) is 0 Å². The molecule has 0 radical (unpaired) electrons. The fourth-order valence-electron chi connectivity index (χ4n) is 7.61. The molecule has 0 N–H and O–H groups in total. The number of allylic oxidation sites excluding steroid dienone is 2. The molecule has 342 valence electrons. The molecule has 6 heteroatoms. The maximum Gasteiger partial charge on any atom is 0.306 e. The normalized spacial score (nSPS) is 12.0. The molecule has 0 aliphatic rings. The van der Waals surface area contributed by atoms with Crippen molar-refractivity contribution in [1.29, 1.82) is 0 Å². The summed E-state index contributed by atoms with van der Waals surface area (Å²) in [6, 6.07) is 0. The summed E-state index contributed by atoms with van der Waals surface area (Å²) in [5.41, 5.74) is 0. The standard InChI is InChI=1S/C52H98O6/c1-4-7-10-13-16-18-19-20-21-22-23-24-25-26-27-28-29-30-31-32-33-35-36-39-42-45-51(54)57-48-49(47-56-50(53)44-41-38-15-12-9-6-3)58-52(55)46-43-40-37-34-17-14-11-8-5-2/h22-23,49H,4-21,24-48H2,1-3H3/b23-22-. The maximum absolute atomic E-state index is 12.6. The first-order valence-electron chi connectivity index (χ1n) is 25.7. The lowest BCUT2D eigenvalue weighted by molar-refractivity contribution is -0.167. The van der Waals surface area contributed by atoms with Gasteiger partial charge in [-0.3, -0.25) is 14.4 Å². The molecule has 0 spiro atoms. The maximum atomic E-state index is 12.6. The predicted octanol–water partition coefficient (Wildman–Crippen LogP) is 16.6. The molecule has 0 rings (SSSR count). The summed E-state index contributed by atoms with van der Waals surface area (Å²) in [6.45, 7) is 6.58. The van der Waals surface area contributed by atoms with Gasteiger partial charge in [0.25, 0.3) is 0 Å². The first-order chi connectivity index (χ1) is 28.5. The molecule has 0 saturated carbocycles. The average molecular weight is 819 g/mol. The highest BCUT2D eigenvalue weighted by Gasteiger charge is 2.19. The Balaban J connectivity index is 3.98. The van der Waals surface area contributed by atoms with Crippen molar-refractivity contribution in [2.45, 2.75) is 290 Å². The number of esters is 3. The van der Waals surface area contributed by atoms with Gasteiger partial charge in [0.15, 0.2) is 6.10 Å². The van der Waals surface area contributed by atoms with Crippen molar-refractivity contribution in [1.82, 2.24) is 0 Å². The van der Waals surface area contributed by atoms with Gasteiger partial charge in [-0.2, -0.15) is 0 Å². The minimum atomic E-state index is -0.759. The van der Waals surface area contributed by atoms with E-state index in [-0.39, 0.29) is 31.1 Å². The van der Waals surface area contributed by atoms with Crippen LogP contribution in [-0.4, -0.2) is 37.2 Å². The average Bonchev–Trinajstić information content (AvgIpc) is 3.22. The Labute approximate surface area is 360 Å². The van der Waals surface area contributed by atoms with Gasteiger partial charge in [0.1, 0.15) is 13.2 Å². The number of hydrogen-bond donors (Lipinski definition) is 0. The van der Waals surface area contributed by atoms with Crippen LogP contribution in [-0.2, 0) is 28.6 Å². The van der Waals surface area contributed by atoms with Gasteiger partial charge < -0.3 is 14.2 Å². The van der Waals surface area contributed by atoms with Gasteiger partial charge in [-0.15, -0.1) is 0 Å².